The second-order valence-corrected chi connectivity index (χ2v) is 10.4. The molecule has 0 amide bonds. The molecule has 0 fully saturated rings. The minimum absolute atomic E-state index is 0.272. The number of hydrogen-bond acceptors (Lipinski definition) is 6. The number of benzene rings is 4. The maximum Gasteiger partial charge on any atom is 0.231 e. The summed E-state index contributed by atoms with van der Waals surface area (Å²) in [4.78, 5) is 0. The average molecular weight is 559 g/mol. The summed E-state index contributed by atoms with van der Waals surface area (Å²) in [6.07, 6.45) is 3.08. The highest BCUT2D eigenvalue weighted by atomic mass is 16.7. The van der Waals surface area contributed by atoms with Crippen LogP contribution in [0, 0.1) is 0 Å². The van der Waals surface area contributed by atoms with Crippen molar-refractivity contribution in [2.24, 2.45) is 0 Å². The van der Waals surface area contributed by atoms with E-state index in [0.29, 0.717) is 24.7 Å². The third kappa shape index (κ3) is 4.25. The summed E-state index contributed by atoms with van der Waals surface area (Å²) in [7, 11) is 1.67. The first kappa shape index (κ1) is 24.6. The molecule has 0 saturated carbocycles. The molecule has 4 aromatic carbocycles. The summed E-state index contributed by atoms with van der Waals surface area (Å²) >= 11 is 0. The summed E-state index contributed by atoms with van der Waals surface area (Å²) < 4.78 is 37.5. The first-order chi connectivity index (χ1) is 20.7. The quantitative estimate of drug-likeness (QED) is 0.156. The van der Waals surface area contributed by atoms with Gasteiger partial charge in [0.15, 0.2) is 35.7 Å². The van der Waals surface area contributed by atoms with Crippen LogP contribution in [0.2, 0.25) is 0 Å². The molecule has 0 radical (unpaired) electrons. The number of pyridine rings is 1. The van der Waals surface area contributed by atoms with Crippen LogP contribution in [0.3, 0.4) is 0 Å². The highest BCUT2D eigenvalue weighted by Crippen LogP contribution is 2.41. The number of nitrogens with zero attached hydrogens (tertiary/aromatic N) is 1. The van der Waals surface area contributed by atoms with Crippen LogP contribution < -0.4 is 28.3 Å². The van der Waals surface area contributed by atoms with Crippen LogP contribution in [-0.4, -0.2) is 27.1 Å². The lowest BCUT2D eigenvalue weighted by Gasteiger charge is -2.18. The molecule has 8 rings (SSSR count). The molecule has 7 nitrogen and oxygen atoms in total. The third-order valence-corrected chi connectivity index (χ3v) is 7.96. The van der Waals surface area contributed by atoms with E-state index in [4.69, 9.17) is 28.1 Å². The van der Waals surface area contributed by atoms with Gasteiger partial charge in [-0.2, -0.15) is 4.57 Å². The van der Waals surface area contributed by atoms with Crippen LogP contribution in [0.1, 0.15) is 5.56 Å². The van der Waals surface area contributed by atoms with Crippen LogP contribution in [-0.2, 0) is 13.0 Å². The fourth-order valence-corrected chi connectivity index (χ4v) is 5.85. The lowest BCUT2D eigenvalue weighted by molar-refractivity contribution is -0.686. The Bertz CT molecular complexity index is 1930. The molecule has 0 unspecified atom stereocenters. The molecule has 2 aromatic heterocycles. The zero-order valence-electron chi connectivity index (χ0n) is 23.1. The molecule has 0 saturated heterocycles. The van der Waals surface area contributed by atoms with Crippen molar-refractivity contribution in [3.05, 3.63) is 96.7 Å². The van der Waals surface area contributed by atoms with Crippen molar-refractivity contribution in [3.63, 3.8) is 0 Å². The SMILES string of the molecule is COc1ccc2cc3[n+](cc2c1OCCOc1ccc(-c2cc4ccccc4o2)cc1)CCc1cc2c(cc1-3)OCO2. The first-order valence-corrected chi connectivity index (χ1v) is 14.1. The van der Waals surface area contributed by atoms with Crippen molar-refractivity contribution in [2.75, 3.05) is 27.1 Å². The van der Waals surface area contributed by atoms with E-state index in [2.05, 4.69) is 41.1 Å². The second-order valence-electron chi connectivity index (χ2n) is 10.4. The van der Waals surface area contributed by atoms with E-state index >= 15 is 0 Å². The maximum absolute atomic E-state index is 6.30. The Morgan fingerprint density at radius 2 is 1.64 bits per heavy atom. The standard InChI is InChI=1S/C35H28NO6/c1-37-31-11-8-23-16-29-27-19-34-33(40-21-41-34)17-24(27)12-13-36(29)20-28(23)35(31)39-15-14-38-26-9-6-22(7-10-26)32-18-25-4-2-3-5-30(25)42-32/h2-11,16-20H,12-15,21H2,1H3/q+1. The predicted molar refractivity (Wildman–Crippen MR) is 159 cm³/mol. The summed E-state index contributed by atoms with van der Waals surface area (Å²) in [6.45, 7) is 1.90. The number of furan rings is 1. The largest absolute Gasteiger partial charge is 0.493 e. The third-order valence-electron chi connectivity index (χ3n) is 7.96. The zero-order chi connectivity index (χ0) is 28.0. The molecule has 0 aliphatic carbocycles. The van der Waals surface area contributed by atoms with Crippen LogP contribution in [0.25, 0.3) is 44.3 Å². The lowest BCUT2D eigenvalue weighted by Crippen LogP contribution is -2.40. The number of aryl methyl sites for hydroxylation is 2. The molecule has 208 valence electrons. The van der Waals surface area contributed by atoms with Crippen LogP contribution in [0.5, 0.6) is 28.7 Å². The Morgan fingerprint density at radius 1 is 0.810 bits per heavy atom. The van der Waals surface area contributed by atoms with Gasteiger partial charge in [0.2, 0.25) is 12.5 Å². The average Bonchev–Trinajstić information content (AvgIpc) is 3.68. The van der Waals surface area contributed by atoms with Crippen molar-refractivity contribution in [2.45, 2.75) is 13.0 Å². The fraction of sp³-hybridized carbons (Fsp3) is 0.171. The second kappa shape index (κ2) is 10.0. The van der Waals surface area contributed by atoms with Crippen LogP contribution in [0.4, 0.5) is 0 Å². The van der Waals surface area contributed by atoms with Gasteiger partial charge < -0.3 is 28.1 Å². The molecular formula is C35H28NO6+. The molecule has 0 spiro atoms. The Kier molecular flexibility index (Phi) is 5.88. The van der Waals surface area contributed by atoms with E-state index in [1.807, 2.05) is 54.6 Å². The molecule has 2 aliphatic rings. The highest BCUT2D eigenvalue weighted by Gasteiger charge is 2.28. The number of aromatic nitrogens is 1. The van der Waals surface area contributed by atoms with Crippen molar-refractivity contribution in [1.82, 2.24) is 0 Å². The van der Waals surface area contributed by atoms with Gasteiger partial charge in [-0.05, 0) is 71.6 Å². The van der Waals surface area contributed by atoms with Gasteiger partial charge in [0, 0.05) is 23.4 Å². The Labute approximate surface area is 242 Å². The molecular weight excluding hydrogens is 530 g/mol. The molecule has 7 heteroatoms. The highest BCUT2D eigenvalue weighted by molar-refractivity contribution is 5.92. The number of hydrogen-bond donors (Lipinski definition) is 0. The van der Waals surface area contributed by atoms with Crippen molar-refractivity contribution in [3.8, 4) is 51.3 Å². The maximum atomic E-state index is 6.30. The number of ether oxygens (including phenoxy) is 5. The summed E-state index contributed by atoms with van der Waals surface area (Å²) in [5.41, 5.74) is 5.47. The Hall–Kier alpha value is -5.17. The number of para-hydroxylation sites is 1. The van der Waals surface area contributed by atoms with Crippen molar-refractivity contribution >= 4 is 21.7 Å². The van der Waals surface area contributed by atoms with E-state index < -0.39 is 0 Å². The van der Waals surface area contributed by atoms with Crippen LogP contribution >= 0.6 is 0 Å². The molecule has 4 heterocycles. The minimum atomic E-state index is 0.272. The summed E-state index contributed by atoms with van der Waals surface area (Å²) in [5, 5.41) is 3.16. The zero-order valence-corrected chi connectivity index (χ0v) is 23.1. The lowest BCUT2D eigenvalue weighted by atomic mass is 9.95. The van der Waals surface area contributed by atoms with Gasteiger partial charge in [0.25, 0.3) is 0 Å². The molecule has 0 bridgehead atoms. The first-order valence-electron chi connectivity index (χ1n) is 14.1. The van der Waals surface area contributed by atoms with Gasteiger partial charge in [-0.15, -0.1) is 0 Å². The van der Waals surface area contributed by atoms with E-state index in [9.17, 15) is 0 Å². The molecule has 0 N–H and O–H groups in total. The molecule has 0 atom stereocenters. The van der Waals surface area contributed by atoms with E-state index in [1.54, 1.807) is 7.11 Å². The van der Waals surface area contributed by atoms with Crippen molar-refractivity contribution < 1.29 is 32.7 Å². The van der Waals surface area contributed by atoms with Gasteiger partial charge >= 0.3 is 0 Å². The number of methoxy groups -OCH3 is 1. The monoisotopic (exact) mass is 558 g/mol. The van der Waals surface area contributed by atoms with Gasteiger partial charge in [-0.1, -0.05) is 18.2 Å². The van der Waals surface area contributed by atoms with Gasteiger partial charge in [0.05, 0.1) is 18.1 Å². The Balaban J connectivity index is 0.996. The topological polar surface area (TPSA) is 63.2 Å². The minimum Gasteiger partial charge on any atom is -0.493 e. The number of rotatable bonds is 7. The Morgan fingerprint density at radius 3 is 2.50 bits per heavy atom. The summed E-state index contributed by atoms with van der Waals surface area (Å²) in [5.74, 6) is 4.64. The van der Waals surface area contributed by atoms with Crippen LogP contribution in [0.15, 0.2) is 95.5 Å². The molecule has 2 aliphatic heterocycles. The van der Waals surface area contributed by atoms with Gasteiger partial charge in [-0.3, -0.25) is 0 Å². The predicted octanol–water partition coefficient (Wildman–Crippen LogP) is 6.96. The normalized spacial score (nSPS) is 13.2. The van der Waals surface area contributed by atoms with E-state index in [1.165, 1.54) is 11.1 Å². The molecule has 6 aromatic rings. The van der Waals surface area contributed by atoms with E-state index in [-0.39, 0.29) is 6.79 Å². The number of fused-ring (bicyclic) bond motifs is 6. The van der Waals surface area contributed by atoms with E-state index in [0.717, 1.165) is 69.0 Å². The van der Waals surface area contributed by atoms with Crippen molar-refractivity contribution in [1.29, 1.82) is 0 Å². The smallest absolute Gasteiger partial charge is 0.231 e. The van der Waals surface area contributed by atoms with Gasteiger partial charge in [0.1, 0.15) is 30.3 Å². The van der Waals surface area contributed by atoms with Gasteiger partial charge in [-0.25, -0.2) is 0 Å². The molecule has 42 heavy (non-hydrogen) atoms. The fourth-order valence-electron chi connectivity index (χ4n) is 5.85. The summed E-state index contributed by atoms with van der Waals surface area (Å²) in [6, 6.07) is 28.4.